The molecule has 2 N–H and O–H groups in total. The van der Waals surface area contributed by atoms with Gasteiger partial charge in [-0.05, 0) is 48.0 Å². The summed E-state index contributed by atoms with van der Waals surface area (Å²) >= 11 is 6.04. The van der Waals surface area contributed by atoms with Crippen LogP contribution in [0.4, 0.5) is 21.8 Å². The van der Waals surface area contributed by atoms with E-state index in [1.165, 1.54) is 12.1 Å². The highest BCUT2D eigenvalue weighted by atomic mass is 35.5. The van der Waals surface area contributed by atoms with Crippen molar-refractivity contribution < 1.29 is 4.39 Å². The van der Waals surface area contributed by atoms with Gasteiger partial charge in [0.1, 0.15) is 11.6 Å². The van der Waals surface area contributed by atoms with Gasteiger partial charge in [-0.15, -0.1) is 0 Å². The van der Waals surface area contributed by atoms with Crippen molar-refractivity contribution >= 4 is 40.0 Å². The third kappa shape index (κ3) is 4.15. The van der Waals surface area contributed by atoms with E-state index < -0.39 is 0 Å². The van der Waals surface area contributed by atoms with E-state index in [-0.39, 0.29) is 5.82 Å². The number of hydrogen-bond acceptors (Lipinski definition) is 4. The van der Waals surface area contributed by atoms with Crippen molar-refractivity contribution in [1.82, 2.24) is 9.97 Å². The van der Waals surface area contributed by atoms with Gasteiger partial charge in [0, 0.05) is 22.6 Å². The molecule has 0 aliphatic rings. The number of halogens is 2. The molecule has 0 saturated heterocycles. The summed E-state index contributed by atoms with van der Waals surface area (Å²) in [6, 6.07) is 21.6. The molecule has 1 aromatic heterocycles. The summed E-state index contributed by atoms with van der Waals surface area (Å²) in [5, 5.41) is 7.99. The Bertz CT molecular complexity index is 1100. The van der Waals surface area contributed by atoms with Gasteiger partial charge in [0.25, 0.3) is 0 Å². The molecule has 134 valence electrons. The second-order valence-electron chi connectivity index (χ2n) is 6.03. The molecule has 1 heterocycles. The fourth-order valence-electron chi connectivity index (χ4n) is 2.80. The average Bonchev–Trinajstić information content (AvgIpc) is 2.66. The third-order valence-electron chi connectivity index (χ3n) is 4.03. The number of nitrogens with one attached hydrogen (secondary N) is 2. The minimum absolute atomic E-state index is 0.259. The number of nitrogens with zero attached hydrogens (tertiary/aromatic N) is 2. The molecule has 4 aromatic rings. The van der Waals surface area contributed by atoms with Crippen molar-refractivity contribution in [3.8, 4) is 0 Å². The van der Waals surface area contributed by atoms with E-state index in [1.807, 2.05) is 42.5 Å². The van der Waals surface area contributed by atoms with Gasteiger partial charge in [-0.3, -0.25) is 0 Å². The van der Waals surface area contributed by atoms with Crippen LogP contribution >= 0.6 is 11.6 Å². The number of aromatic nitrogens is 2. The molecule has 0 amide bonds. The van der Waals surface area contributed by atoms with Gasteiger partial charge >= 0.3 is 0 Å². The zero-order chi connectivity index (χ0) is 18.6. The van der Waals surface area contributed by atoms with Gasteiger partial charge < -0.3 is 10.6 Å². The number of para-hydroxylation sites is 1. The summed E-state index contributed by atoms with van der Waals surface area (Å²) in [5.74, 6) is 0.872. The van der Waals surface area contributed by atoms with Crippen LogP contribution in [0.25, 0.3) is 10.9 Å². The lowest BCUT2D eigenvalue weighted by atomic mass is 10.2. The monoisotopic (exact) mass is 378 g/mol. The Morgan fingerprint density at radius 1 is 0.889 bits per heavy atom. The molecule has 4 rings (SSSR count). The molecule has 0 bridgehead atoms. The first kappa shape index (κ1) is 17.2. The van der Waals surface area contributed by atoms with Crippen LogP contribution in [0, 0.1) is 5.82 Å². The van der Waals surface area contributed by atoms with Crippen LogP contribution in [0.3, 0.4) is 0 Å². The fourth-order valence-corrected chi connectivity index (χ4v) is 2.99. The first-order chi connectivity index (χ1) is 13.2. The molecule has 0 saturated carbocycles. The van der Waals surface area contributed by atoms with E-state index >= 15 is 0 Å². The lowest BCUT2D eigenvalue weighted by Crippen LogP contribution is -2.06. The number of hydrogen-bond donors (Lipinski definition) is 2. The number of fused-ring (bicyclic) bond motifs is 1. The molecular formula is C21H16ClFN4. The Morgan fingerprint density at radius 2 is 1.74 bits per heavy atom. The largest absolute Gasteiger partial charge is 0.365 e. The van der Waals surface area contributed by atoms with Crippen molar-refractivity contribution in [3.05, 3.63) is 89.2 Å². The van der Waals surface area contributed by atoms with Gasteiger partial charge in [0.2, 0.25) is 5.95 Å². The summed E-state index contributed by atoms with van der Waals surface area (Å²) < 4.78 is 13.4. The summed E-state index contributed by atoms with van der Waals surface area (Å²) in [6.07, 6.45) is 0. The molecule has 0 aliphatic carbocycles. The highest BCUT2D eigenvalue weighted by molar-refractivity contribution is 6.30. The number of benzene rings is 3. The molecule has 6 heteroatoms. The standard InChI is InChI=1S/C21H16ClFN4/c22-15-6-4-8-17(12-15)25-21-26-19-10-2-1-9-18(19)20(27-21)24-13-14-5-3-7-16(23)11-14/h1-12H,13H2,(H2,24,25,26,27). The smallest absolute Gasteiger partial charge is 0.229 e. The van der Waals surface area contributed by atoms with Gasteiger partial charge in [0.15, 0.2) is 0 Å². The topological polar surface area (TPSA) is 49.8 Å². The van der Waals surface area contributed by atoms with Gasteiger partial charge in [-0.25, -0.2) is 9.37 Å². The summed E-state index contributed by atoms with van der Waals surface area (Å²) in [4.78, 5) is 9.16. The van der Waals surface area contributed by atoms with Crippen molar-refractivity contribution in [2.24, 2.45) is 0 Å². The van der Waals surface area contributed by atoms with Gasteiger partial charge in [0.05, 0.1) is 5.52 Å². The number of anilines is 3. The van der Waals surface area contributed by atoms with E-state index in [0.29, 0.717) is 23.3 Å². The van der Waals surface area contributed by atoms with E-state index in [2.05, 4.69) is 20.6 Å². The minimum Gasteiger partial charge on any atom is -0.365 e. The molecule has 0 unspecified atom stereocenters. The maximum atomic E-state index is 13.4. The van der Waals surface area contributed by atoms with Crippen LogP contribution in [0.1, 0.15) is 5.56 Å². The molecule has 0 radical (unpaired) electrons. The van der Waals surface area contributed by atoms with Gasteiger partial charge in [-0.2, -0.15) is 4.98 Å². The van der Waals surface area contributed by atoms with E-state index in [4.69, 9.17) is 11.6 Å². The first-order valence-electron chi connectivity index (χ1n) is 8.45. The molecule has 3 aromatic carbocycles. The van der Waals surface area contributed by atoms with Crippen LogP contribution in [-0.2, 0) is 6.54 Å². The Morgan fingerprint density at radius 3 is 2.59 bits per heavy atom. The molecule has 0 atom stereocenters. The third-order valence-corrected chi connectivity index (χ3v) is 4.27. The average molecular weight is 379 g/mol. The van der Waals surface area contributed by atoms with Crippen LogP contribution in [0.5, 0.6) is 0 Å². The molecule has 27 heavy (non-hydrogen) atoms. The van der Waals surface area contributed by atoms with Crippen LogP contribution in [-0.4, -0.2) is 9.97 Å². The Hall–Kier alpha value is -3.18. The number of rotatable bonds is 5. The van der Waals surface area contributed by atoms with E-state index in [0.717, 1.165) is 22.2 Å². The second-order valence-corrected chi connectivity index (χ2v) is 6.47. The quantitative estimate of drug-likeness (QED) is 0.462. The fraction of sp³-hybridized carbons (Fsp3) is 0.0476. The normalized spacial score (nSPS) is 10.7. The van der Waals surface area contributed by atoms with Crippen molar-refractivity contribution in [2.75, 3.05) is 10.6 Å². The first-order valence-corrected chi connectivity index (χ1v) is 8.83. The highest BCUT2D eigenvalue weighted by Gasteiger charge is 2.08. The van der Waals surface area contributed by atoms with Gasteiger partial charge in [-0.1, -0.05) is 41.9 Å². The second kappa shape index (κ2) is 7.60. The molecule has 4 nitrogen and oxygen atoms in total. The van der Waals surface area contributed by atoms with Crippen molar-refractivity contribution in [3.63, 3.8) is 0 Å². The lowest BCUT2D eigenvalue weighted by Gasteiger charge is -2.12. The zero-order valence-corrected chi connectivity index (χ0v) is 15.0. The van der Waals surface area contributed by atoms with E-state index in [1.54, 1.807) is 18.2 Å². The highest BCUT2D eigenvalue weighted by Crippen LogP contribution is 2.25. The van der Waals surface area contributed by atoms with Crippen molar-refractivity contribution in [1.29, 1.82) is 0 Å². The van der Waals surface area contributed by atoms with Crippen LogP contribution in [0.2, 0.25) is 5.02 Å². The van der Waals surface area contributed by atoms with E-state index in [9.17, 15) is 4.39 Å². The summed E-state index contributed by atoms with van der Waals surface area (Å²) in [5.41, 5.74) is 2.44. The molecule has 0 fully saturated rings. The van der Waals surface area contributed by atoms with Crippen LogP contribution < -0.4 is 10.6 Å². The maximum absolute atomic E-state index is 13.4. The predicted octanol–water partition coefficient (Wildman–Crippen LogP) is 5.78. The molecule has 0 spiro atoms. The lowest BCUT2D eigenvalue weighted by molar-refractivity contribution is 0.626. The SMILES string of the molecule is Fc1cccc(CNc2nc(Nc3cccc(Cl)c3)nc3ccccc23)c1. The minimum atomic E-state index is -0.259. The maximum Gasteiger partial charge on any atom is 0.229 e. The summed E-state index contributed by atoms with van der Waals surface area (Å²) in [6.45, 7) is 0.454. The zero-order valence-electron chi connectivity index (χ0n) is 14.3. The van der Waals surface area contributed by atoms with Crippen molar-refractivity contribution in [2.45, 2.75) is 6.54 Å². The summed E-state index contributed by atoms with van der Waals surface area (Å²) in [7, 11) is 0. The predicted molar refractivity (Wildman–Crippen MR) is 108 cm³/mol. The Labute approximate surface area is 161 Å². The Balaban J connectivity index is 1.66. The Kier molecular flexibility index (Phi) is 4.85. The molecular weight excluding hydrogens is 363 g/mol. The molecule has 0 aliphatic heterocycles. The van der Waals surface area contributed by atoms with Crippen LogP contribution in [0.15, 0.2) is 72.8 Å².